The van der Waals surface area contributed by atoms with E-state index >= 15 is 0 Å². The summed E-state index contributed by atoms with van der Waals surface area (Å²) in [6, 6.07) is 16.1. The molecule has 0 aliphatic heterocycles. The van der Waals surface area contributed by atoms with E-state index in [1.165, 1.54) is 0 Å². The van der Waals surface area contributed by atoms with Crippen LogP contribution in [0.15, 0.2) is 71.5 Å². The number of pyridine rings is 2. The third-order valence-electron chi connectivity index (χ3n) is 4.42. The maximum Gasteiger partial charge on any atom is 0.176 e. The van der Waals surface area contributed by atoms with Crippen LogP contribution >= 0.6 is 0 Å². The number of methoxy groups -OCH3 is 1. The number of hydrogen-bond acceptors (Lipinski definition) is 5. The molecule has 4 aromatic rings. The lowest BCUT2D eigenvalue weighted by molar-refractivity contribution is 0.410. The van der Waals surface area contributed by atoms with E-state index in [0.29, 0.717) is 0 Å². The summed E-state index contributed by atoms with van der Waals surface area (Å²) in [4.78, 5) is 8.51. The lowest BCUT2D eigenvalue weighted by Gasteiger charge is -2.07. The molecule has 0 saturated carbocycles. The minimum atomic E-state index is 0.740. The topological polar surface area (TPSA) is 60.2 Å². The highest BCUT2D eigenvalue weighted by Crippen LogP contribution is 2.34. The van der Waals surface area contributed by atoms with Crippen LogP contribution in [-0.4, -0.2) is 23.6 Å². The van der Waals surface area contributed by atoms with E-state index in [-0.39, 0.29) is 0 Å². The van der Waals surface area contributed by atoms with Gasteiger partial charge in [-0.2, -0.15) is 0 Å². The largest absolute Gasteiger partial charge is 0.493 e. The standard InChI is InChI=1S/C22H21N3O2/c1-26-21-12-16(14-24-10-7-19-6-2-3-9-25-19)11-18-13-20(27-22(18)21)17-5-4-8-23-15-17/h2-6,8-9,11-13,15,24H,7,10,14H2,1H3. The van der Waals surface area contributed by atoms with Crippen LogP contribution in [0.3, 0.4) is 0 Å². The third kappa shape index (κ3) is 3.99. The van der Waals surface area contributed by atoms with Gasteiger partial charge in [-0.05, 0) is 48.0 Å². The number of nitrogens with zero attached hydrogens (tertiary/aromatic N) is 2. The Balaban J connectivity index is 1.50. The zero-order valence-corrected chi connectivity index (χ0v) is 15.2. The van der Waals surface area contributed by atoms with Crippen molar-refractivity contribution in [1.82, 2.24) is 15.3 Å². The summed E-state index contributed by atoms with van der Waals surface area (Å²) in [7, 11) is 1.67. The van der Waals surface area contributed by atoms with Gasteiger partial charge in [0.2, 0.25) is 0 Å². The third-order valence-corrected chi connectivity index (χ3v) is 4.42. The normalized spacial score (nSPS) is 11.0. The number of rotatable bonds is 7. The highest BCUT2D eigenvalue weighted by atomic mass is 16.5. The van der Waals surface area contributed by atoms with Gasteiger partial charge in [0, 0.05) is 54.7 Å². The van der Waals surface area contributed by atoms with Crippen LogP contribution < -0.4 is 10.1 Å². The van der Waals surface area contributed by atoms with E-state index < -0.39 is 0 Å². The van der Waals surface area contributed by atoms with Gasteiger partial charge >= 0.3 is 0 Å². The van der Waals surface area contributed by atoms with Gasteiger partial charge in [-0.15, -0.1) is 0 Å². The first-order valence-corrected chi connectivity index (χ1v) is 8.95. The maximum atomic E-state index is 6.02. The number of aromatic nitrogens is 2. The van der Waals surface area contributed by atoms with Crippen molar-refractivity contribution in [2.75, 3.05) is 13.7 Å². The van der Waals surface area contributed by atoms with E-state index in [1.807, 2.05) is 48.7 Å². The van der Waals surface area contributed by atoms with Gasteiger partial charge < -0.3 is 14.5 Å². The molecule has 4 rings (SSSR count). The van der Waals surface area contributed by atoms with Crippen molar-refractivity contribution >= 4 is 11.0 Å². The highest BCUT2D eigenvalue weighted by Gasteiger charge is 2.12. The molecular formula is C22H21N3O2. The van der Waals surface area contributed by atoms with Crippen molar-refractivity contribution in [3.63, 3.8) is 0 Å². The van der Waals surface area contributed by atoms with Crippen molar-refractivity contribution in [3.8, 4) is 17.1 Å². The van der Waals surface area contributed by atoms with Crippen LogP contribution in [0.4, 0.5) is 0 Å². The van der Waals surface area contributed by atoms with Gasteiger partial charge in [-0.25, -0.2) is 0 Å². The summed E-state index contributed by atoms with van der Waals surface area (Å²) in [5.74, 6) is 1.53. The second-order valence-corrected chi connectivity index (χ2v) is 6.32. The molecule has 1 aromatic carbocycles. The average molecular weight is 359 g/mol. The van der Waals surface area contributed by atoms with Crippen molar-refractivity contribution in [2.24, 2.45) is 0 Å². The molecule has 0 bridgehead atoms. The fourth-order valence-corrected chi connectivity index (χ4v) is 3.08. The second kappa shape index (κ2) is 8.01. The summed E-state index contributed by atoms with van der Waals surface area (Å²) < 4.78 is 11.6. The van der Waals surface area contributed by atoms with E-state index in [0.717, 1.165) is 58.8 Å². The summed E-state index contributed by atoms with van der Waals surface area (Å²) in [5, 5.41) is 4.49. The van der Waals surface area contributed by atoms with Crippen LogP contribution in [0, 0.1) is 0 Å². The first-order chi connectivity index (χ1) is 13.3. The minimum Gasteiger partial charge on any atom is -0.493 e. The Morgan fingerprint density at radius 3 is 2.81 bits per heavy atom. The first kappa shape index (κ1) is 17.2. The van der Waals surface area contributed by atoms with E-state index in [9.17, 15) is 0 Å². The Labute approximate surface area is 158 Å². The Kier molecular flexibility index (Phi) is 5.12. The fourth-order valence-electron chi connectivity index (χ4n) is 3.08. The van der Waals surface area contributed by atoms with Gasteiger partial charge in [0.1, 0.15) is 5.76 Å². The van der Waals surface area contributed by atoms with Gasteiger partial charge in [0.25, 0.3) is 0 Å². The molecule has 136 valence electrons. The van der Waals surface area contributed by atoms with Crippen LogP contribution in [0.1, 0.15) is 11.3 Å². The summed E-state index contributed by atoms with van der Waals surface area (Å²) >= 11 is 0. The lowest BCUT2D eigenvalue weighted by Crippen LogP contribution is -2.17. The fraction of sp³-hybridized carbons (Fsp3) is 0.182. The summed E-state index contributed by atoms with van der Waals surface area (Å²) in [6.45, 7) is 1.62. The molecular weight excluding hydrogens is 338 g/mol. The van der Waals surface area contributed by atoms with E-state index in [1.54, 1.807) is 19.5 Å². The molecule has 5 heteroatoms. The SMILES string of the molecule is COc1cc(CNCCc2ccccn2)cc2cc(-c3cccnc3)oc12. The number of fused-ring (bicyclic) bond motifs is 1. The predicted molar refractivity (Wildman–Crippen MR) is 106 cm³/mol. The maximum absolute atomic E-state index is 6.02. The predicted octanol–water partition coefficient (Wildman–Crippen LogP) is 4.23. The molecule has 3 heterocycles. The number of nitrogens with one attached hydrogen (secondary N) is 1. The molecule has 0 aliphatic rings. The Hall–Kier alpha value is -3.18. The quantitative estimate of drug-likeness (QED) is 0.500. The first-order valence-electron chi connectivity index (χ1n) is 8.95. The molecule has 1 N–H and O–H groups in total. The molecule has 0 radical (unpaired) electrons. The van der Waals surface area contributed by atoms with Gasteiger partial charge in [-0.3, -0.25) is 9.97 Å². The van der Waals surface area contributed by atoms with Crippen LogP contribution in [-0.2, 0) is 13.0 Å². The zero-order chi connectivity index (χ0) is 18.5. The molecule has 0 atom stereocenters. The highest BCUT2D eigenvalue weighted by molar-refractivity contribution is 5.88. The Bertz CT molecular complexity index is 1010. The molecule has 0 amide bonds. The van der Waals surface area contributed by atoms with E-state index in [4.69, 9.17) is 9.15 Å². The lowest BCUT2D eigenvalue weighted by atomic mass is 10.1. The number of benzene rings is 1. The number of ether oxygens (including phenoxy) is 1. The Morgan fingerprint density at radius 1 is 1.07 bits per heavy atom. The monoisotopic (exact) mass is 359 g/mol. The van der Waals surface area contributed by atoms with Crippen molar-refractivity contribution in [1.29, 1.82) is 0 Å². The van der Waals surface area contributed by atoms with Crippen molar-refractivity contribution in [2.45, 2.75) is 13.0 Å². The second-order valence-electron chi connectivity index (χ2n) is 6.32. The molecule has 0 fully saturated rings. The van der Waals surface area contributed by atoms with Gasteiger partial charge in [0.05, 0.1) is 7.11 Å². The van der Waals surface area contributed by atoms with Crippen molar-refractivity contribution < 1.29 is 9.15 Å². The Morgan fingerprint density at radius 2 is 2.04 bits per heavy atom. The van der Waals surface area contributed by atoms with Gasteiger partial charge in [0.15, 0.2) is 11.3 Å². The van der Waals surface area contributed by atoms with Gasteiger partial charge in [-0.1, -0.05) is 6.07 Å². The van der Waals surface area contributed by atoms with Crippen LogP contribution in [0.5, 0.6) is 5.75 Å². The van der Waals surface area contributed by atoms with E-state index in [2.05, 4.69) is 21.4 Å². The average Bonchev–Trinajstić information content (AvgIpc) is 3.16. The van der Waals surface area contributed by atoms with Crippen molar-refractivity contribution in [3.05, 3.63) is 78.4 Å². The molecule has 5 nitrogen and oxygen atoms in total. The molecule has 3 aromatic heterocycles. The smallest absolute Gasteiger partial charge is 0.176 e. The number of hydrogen-bond donors (Lipinski definition) is 1. The molecule has 0 unspecified atom stereocenters. The zero-order valence-electron chi connectivity index (χ0n) is 15.2. The summed E-state index contributed by atoms with van der Waals surface area (Å²) in [6.07, 6.45) is 6.27. The molecule has 0 spiro atoms. The summed E-state index contributed by atoms with van der Waals surface area (Å²) in [5.41, 5.74) is 3.95. The molecule has 27 heavy (non-hydrogen) atoms. The molecule has 0 aliphatic carbocycles. The minimum absolute atomic E-state index is 0.740. The van der Waals surface area contributed by atoms with Crippen LogP contribution in [0.2, 0.25) is 0 Å². The molecule has 0 saturated heterocycles. The number of furan rings is 1. The van der Waals surface area contributed by atoms with Crippen LogP contribution in [0.25, 0.3) is 22.3 Å².